The standard InChI is InChI=1S/C18H16N2O3S2/c1-13-6-2-3-9-16(13)19-18(21)14-7-4-8-15(12-14)20-25(22,23)17-10-5-11-24-17/h2-12,20H,1H3,(H,19,21). The molecular weight excluding hydrogens is 356 g/mol. The normalized spacial score (nSPS) is 11.1. The van der Waals surface area contributed by atoms with E-state index in [1.165, 1.54) is 12.1 Å². The quantitative estimate of drug-likeness (QED) is 0.708. The number of benzene rings is 2. The molecule has 0 fully saturated rings. The first-order chi connectivity index (χ1) is 12.0. The summed E-state index contributed by atoms with van der Waals surface area (Å²) < 4.78 is 27.3. The van der Waals surface area contributed by atoms with E-state index in [2.05, 4.69) is 10.0 Å². The van der Waals surface area contributed by atoms with Crippen molar-refractivity contribution in [1.82, 2.24) is 0 Å². The van der Waals surface area contributed by atoms with Gasteiger partial charge in [-0.05, 0) is 48.2 Å². The third-order valence-electron chi connectivity index (χ3n) is 3.53. The predicted octanol–water partition coefficient (Wildman–Crippen LogP) is 4.11. The van der Waals surface area contributed by atoms with Crippen LogP contribution in [0.1, 0.15) is 15.9 Å². The van der Waals surface area contributed by atoms with Crippen LogP contribution in [0.3, 0.4) is 0 Å². The van der Waals surface area contributed by atoms with Gasteiger partial charge in [0.2, 0.25) is 0 Å². The van der Waals surface area contributed by atoms with Crippen molar-refractivity contribution in [2.75, 3.05) is 10.0 Å². The first kappa shape index (κ1) is 17.2. The SMILES string of the molecule is Cc1ccccc1NC(=O)c1cccc(NS(=O)(=O)c2cccs2)c1. The summed E-state index contributed by atoms with van der Waals surface area (Å²) in [5, 5.41) is 4.53. The topological polar surface area (TPSA) is 75.3 Å². The van der Waals surface area contributed by atoms with Crippen LogP contribution in [0.25, 0.3) is 0 Å². The van der Waals surface area contributed by atoms with Crippen LogP contribution in [-0.4, -0.2) is 14.3 Å². The van der Waals surface area contributed by atoms with Gasteiger partial charge in [-0.15, -0.1) is 11.3 Å². The second-order valence-corrected chi connectivity index (χ2v) is 8.24. The van der Waals surface area contributed by atoms with Gasteiger partial charge in [0, 0.05) is 16.9 Å². The average molecular weight is 372 g/mol. The number of para-hydroxylation sites is 1. The maximum Gasteiger partial charge on any atom is 0.271 e. The number of carbonyl (C=O) groups is 1. The molecule has 1 aromatic heterocycles. The smallest absolute Gasteiger partial charge is 0.271 e. The van der Waals surface area contributed by atoms with Crippen LogP contribution in [-0.2, 0) is 10.0 Å². The molecule has 0 aliphatic heterocycles. The third kappa shape index (κ3) is 4.07. The van der Waals surface area contributed by atoms with Crippen molar-refractivity contribution < 1.29 is 13.2 Å². The molecule has 1 amide bonds. The minimum absolute atomic E-state index is 0.224. The lowest BCUT2D eigenvalue weighted by Gasteiger charge is -2.10. The summed E-state index contributed by atoms with van der Waals surface area (Å²) in [6.45, 7) is 1.90. The molecule has 0 atom stereocenters. The summed E-state index contributed by atoms with van der Waals surface area (Å²) in [4.78, 5) is 12.4. The number of hydrogen-bond acceptors (Lipinski definition) is 4. The molecule has 0 aliphatic carbocycles. The summed E-state index contributed by atoms with van der Waals surface area (Å²) in [7, 11) is -3.64. The molecule has 0 saturated carbocycles. The highest BCUT2D eigenvalue weighted by molar-refractivity contribution is 7.94. The molecule has 0 bridgehead atoms. The lowest BCUT2D eigenvalue weighted by Crippen LogP contribution is -2.15. The van der Waals surface area contributed by atoms with E-state index in [4.69, 9.17) is 0 Å². The van der Waals surface area contributed by atoms with Gasteiger partial charge in [0.25, 0.3) is 15.9 Å². The van der Waals surface area contributed by atoms with Crippen molar-refractivity contribution >= 4 is 38.6 Å². The molecule has 2 N–H and O–H groups in total. The maximum absolute atomic E-state index is 12.4. The number of rotatable bonds is 5. The van der Waals surface area contributed by atoms with Gasteiger partial charge < -0.3 is 5.32 Å². The van der Waals surface area contributed by atoms with E-state index in [1.807, 2.05) is 31.2 Å². The number of nitrogens with one attached hydrogen (secondary N) is 2. The lowest BCUT2D eigenvalue weighted by atomic mass is 10.1. The van der Waals surface area contributed by atoms with Gasteiger partial charge in [-0.25, -0.2) is 8.42 Å². The van der Waals surface area contributed by atoms with E-state index in [9.17, 15) is 13.2 Å². The number of anilines is 2. The Morgan fingerprint density at radius 3 is 2.52 bits per heavy atom. The van der Waals surface area contributed by atoms with E-state index in [0.29, 0.717) is 11.3 Å². The maximum atomic E-state index is 12.4. The van der Waals surface area contributed by atoms with Crippen molar-refractivity contribution in [2.24, 2.45) is 0 Å². The summed E-state index contributed by atoms with van der Waals surface area (Å²) in [5.41, 5.74) is 2.38. The van der Waals surface area contributed by atoms with E-state index < -0.39 is 10.0 Å². The minimum Gasteiger partial charge on any atom is -0.322 e. The van der Waals surface area contributed by atoms with Gasteiger partial charge in [-0.3, -0.25) is 9.52 Å². The zero-order valence-electron chi connectivity index (χ0n) is 13.4. The van der Waals surface area contributed by atoms with E-state index in [1.54, 1.807) is 29.6 Å². The summed E-state index contributed by atoms with van der Waals surface area (Å²) in [6.07, 6.45) is 0. The van der Waals surface area contributed by atoms with Crippen LogP contribution in [0, 0.1) is 6.92 Å². The monoisotopic (exact) mass is 372 g/mol. The van der Waals surface area contributed by atoms with Crippen molar-refractivity contribution in [3.05, 3.63) is 77.2 Å². The van der Waals surface area contributed by atoms with Crippen molar-refractivity contribution in [1.29, 1.82) is 0 Å². The number of amides is 1. The second-order valence-electron chi connectivity index (χ2n) is 5.39. The van der Waals surface area contributed by atoms with Gasteiger partial charge in [0.1, 0.15) is 4.21 Å². The number of carbonyl (C=O) groups excluding carboxylic acids is 1. The Hall–Kier alpha value is -2.64. The highest BCUT2D eigenvalue weighted by Gasteiger charge is 2.16. The molecule has 2 aromatic carbocycles. The zero-order valence-corrected chi connectivity index (χ0v) is 15.0. The fourth-order valence-electron chi connectivity index (χ4n) is 2.25. The Kier molecular flexibility index (Phi) is 4.87. The lowest BCUT2D eigenvalue weighted by molar-refractivity contribution is 0.102. The third-order valence-corrected chi connectivity index (χ3v) is 6.31. The Morgan fingerprint density at radius 2 is 1.80 bits per heavy atom. The van der Waals surface area contributed by atoms with Gasteiger partial charge in [0.15, 0.2) is 0 Å². The summed E-state index contributed by atoms with van der Waals surface area (Å²) in [6, 6.07) is 17.0. The molecule has 128 valence electrons. The Morgan fingerprint density at radius 1 is 1.00 bits per heavy atom. The molecular formula is C18H16N2O3S2. The van der Waals surface area contributed by atoms with Gasteiger partial charge in [-0.1, -0.05) is 30.3 Å². The van der Waals surface area contributed by atoms with Gasteiger partial charge in [-0.2, -0.15) is 0 Å². The molecule has 0 spiro atoms. The van der Waals surface area contributed by atoms with Crippen LogP contribution in [0.5, 0.6) is 0 Å². The zero-order chi connectivity index (χ0) is 17.9. The average Bonchev–Trinajstić information content (AvgIpc) is 3.12. The highest BCUT2D eigenvalue weighted by atomic mass is 32.2. The van der Waals surface area contributed by atoms with Gasteiger partial charge in [0.05, 0.1) is 0 Å². The molecule has 0 unspecified atom stereocenters. The number of aryl methyl sites for hydroxylation is 1. The van der Waals surface area contributed by atoms with Crippen LogP contribution in [0.2, 0.25) is 0 Å². The molecule has 0 radical (unpaired) electrons. The van der Waals surface area contributed by atoms with Gasteiger partial charge >= 0.3 is 0 Å². The Labute approximate surface area is 150 Å². The van der Waals surface area contributed by atoms with E-state index in [0.717, 1.165) is 22.6 Å². The predicted molar refractivity (Wildman–Crippen MR) is 101 cm³/mol. The highest BCUT2D eigenvalue weighted by Crippen LogP contribution is 2.21. The first-order valence-electron chi connectivity index (χ1n) is 7.49. The second kappa shape index (κ2) is 7.08. The minimum atomic E-state index is -3.64. The van der Waals surface area contributed by atoms with Crippen LogP contribution in [0.4, 0.5) is 11.4 Å². The molecule has 3 aromatic rings. The van der Waals surface area contributed by atoms with E-state index >= 15 is 0 Å². The molecule has 5 nitrogen and oxygen atoms in total. The molecule has 25 heavy (non-hydrogen) atoms. The van der Waals surface area contributed by atoms with Crippen LogP contribution < -0.4 is 10.0 Å². The molecule has 3 rings (SSSR count). The number of sulfonamides is 1. The largest absolute Gasteiger partial charge is 0.322 e. The summed E-state index contributed by atoms with van der Waals surface area (Å²) >= 11 is 1.13. The summed E-state index contributed by atoms with van der Waals surface area (Å²) in [5.74, 6) is -0.300. The molecule has 7 heteroatoms. The van der Waals surface area contributed by atoms with Crippen molar-refractivity contribution in [3.8, 4) is 0 Å². The van der Waals surface area contributed by atoms with Crippen molar-refractivity contribution in [2.45, 2.75) is 11.1 Å². The van der Waals surface area contributed by atoms with Crippen LogP contribution in [0.15, 0.2) is 70.3 Å². The van der Waals surface area contributed by atoms with E-state index in [-0.39, 0.29) is 10.1 Å². The molecule has 0 saturated heterocycles. The fourth-order valence-corrected chi connectivity index (χ4v) is 4.30. The number of thiophene rings is 1. The first-order valence-corrected chi connectivity index (χ1v) is 9.85. The number of hydrogen-bond donors (Lipinski definition) is 2. The fraction of sp³-hybridized carbons (Fsp3) is 0.0556. The molecule has 0 aliphatic rings. The molecule has 1 heterocycles. The Balaban J connectivity index is 1.80. The Bertz CT molecular complexity index is 997. The van der Waals surface area contributed by atoms with Crippen molar-refractivity contribution in [3.63, 3.8) is 0 Å². The van der Waals surface area contributed by atoms with Crippen LogP contribution >= 0.6 is 11.3 Å².